The molecule has 1 aliphatic heterocycles. The van der Waals surface area contributed by atoms with Crippen molar-refractivity contribution in [1.29, 1.82) is 0 Å². The van der Waals surface area contributed by atoms with Crippen molar-refractivity contribution in [1.82, 2.24) is 4.98 Å². The van der Waals surface area contributed by atoms with Gasteiger partial charge >= 0.3 is 0 Å². The fraction of sp³-hybridized carbons (Fsp3) is 0.393. The first-order valence-electron chi connectivity index (χ1n) is 12.0. The summed E-state index contributed by atoms with van der Waals surface area (Å²) in [5.74, 6) is 1.23. The van der Waals surface area contributed by atoms with Gasteiger partial charge < -0.3 is 5.32 Å². The molecule has 1 N–H and O–H groups in total. The molecular formula is C28H29N3O. The van der Waals surface area contributed by atoms with Crippen LogP contribution in [0.5, 0.6) is 0 Å². The third-order valence-electron chi connectivity index (χ3n) is 7.41. The second-order valence-corrected chi connectivity index (χ2v) is 9.88. The van der Waals surface area contributed by atoms with Gasteiger partial charge in [0, 0.05) is 36.2 Å². The predicted octanol–water partition coefficient (Wildman–Crippen LogP) is 6.74. The second-order valence-electron chi connectivity index (χ2n) is 9.88. The van der Waals surface area contributed by atoms with E-state index in [0.29, 0.717) is 6.04 Å². The van der Waals surface area contributed by atoms with Crippen molar-refractivity contribution in [2.45, 2.75) is 57.9 Å². The lowest BCUT2D eigenvalue weighted by atomic mass is 9.87. The minimum absolute atomic E-state index is 0.180. The summed E-state index contributed by atoms with van der Waals surface area (Å²) in [7, 11) is 0. The van der Waals surface area contributed by atoms with Crippen LogP contribution in [0.25, 0.3) is 22.0 Å². The Labute approximate surface area is 189 Å². The van der Waals surface area contributed by atoms with E-state index in [1.54, 1.807) is 6.20 Å². The van der Waals surface area contributed by atoms with Gasteiger partial charge in [0.1, 0.15) is 0 Å². The number of hydrogen-bond acceptors (Lipinski definition) is 4. The van der Waals surface area contributed by atoms with Gasteiger partial charge in [-0.2, -0.15) is 0 Å². The van der Waals surface area contributed by atoms with Gasteiger partial charge in [0.25, 0.3) is 0 Å². The Balaban J connectivity index is 1.44. The van der Waals surface area contributed by atoms with Crippen LogP contribution in [-0.2, 0) is 6.42 Å². The highest BCUT2D eigenvalue weighted by Gasteiger charge is 2.33. The van der Waals surface area contributed by atoms with Gasteiger partial charge in [-0.1, -0.05) is 25.1 Å². The van der Waals surface area contributed by atoms with Gasteiger partial charge in [-0.25, -0.2) is 0 Å². The molecule has 0 unspecified atom stereocenters. The predicted molar refractivity (Wildman–Crippen MR) is 131 cm³/mol. The Kier molecular flexibility index (Phi) is 4.82. The standard InChI is InChI=1S/C28H29N3O/c1-17-2-9-22(10-3-17)31-27-23-14-20(21-7-4-18-12-13-29-26(18)15-21)8-11-25(23)30-16-24(27)28(32)19-5-6-19/h4,7-8,11,13-17,19,22H,2-3,5-6,9-10,12H2,1H3,(H,30,31). The Morgan fingerprint density at radius 1 is 0.969 bits per heavy atom. The van der Waals surface area contributed by atoms with Crippen LogP contribution in [0.3, 0.4) is 0 Å². The van der Waals surface area contributed by atoms with E-state index in [4.69, 9.17) is 0 Å². The molecule has 0 saturated heterocycles. The molecule has 4 heteroatoms. The maximum absolute atomic E-state index is 13.2. The summed E-state index contributed by atoms with van der Waals surface area (Å²) in [6.07, 6.45) is 11.5. The largest absolute Gasteiger partial charge is 0.381 e. The van der Waals surface area contributed by atoms with Crippen molar-refractivity contribution in [2.75, 3.05) is 5.32 Å². The zero-order valence-corrected chi connectivity index (χ0v) is 18.6. The molecule has 0 spiro atoms. The fourth-order valence-electron chi connectivity index (χ4n) is 5.17. The molecule has 3 aromatic rings. The number of ketones is 1. The van der Waals surface area contributed by atoms with Crippen LogP contribution in [0, 0.1) is 11.8 Å². The number of pyridine rings is 1. The van der Waals surface area contributed by atoms with Crippen molar-refractivity contribution in [3.05, 3.63) is 53.7 Å². The van der Waals surface area contributed by atoms with Gasteiger partial charge in [0.15, 0.2) is 5.78 Å². The fourth-order valence-corrected chi connectivity index (χ4v) is 5.17. The summed E-state index contributed by atoms with van der Waals surface area (Å²) in [5.41, 5.74) is 7.34. The van der Waals surface area contributed by atoms with Crippen molar-refractivity contribution in [3.8, 4) is 11.1 Å². The van der Waals surface area contributed by atoms with E-state index >= 15 is 0 Å². The van der Waals surface area contributed by atoms with Crippen LogP contribution in [0.2, 0.25) is 0 Å². The number of rotatable bonds is 5. The number of hydrogen-bond donors (Lipinski definition) is 1. The third-order valence-corrected chi connectivity index (χ3v) is 7.41. The molecule has 3 aliphatic rings. The number of nitrogens with zero attached hydrogens (tertiary/aromatic N) is 2. The Bertz CT molecular complexity index is 1230. The number of aromatic nitrogens is 1. The smallest absolute Gasteiger partial charge is 0.169 e. The number of aliphatic imine (C=N–C) groups is 1. The van der Waals surface area contributed by atoms with Crippen LogP contribution in [0.15, 0.2) is 47.6 Å². The molecule has 0 atom stereocenters. The zero-order valence-electron chi connectivity index (χ0n) is 18.6. The molecule has 4 nitrogen and oxygen atoms in total. The van der Waals surface area contributed by atoms with Gasteiger partial charge in [0.2, 0.25) is 0 Å². The van der Waals surface area contributed by atoms with Gasteiger partial charge in [-0.05, 0) is 79.3 Å². The Hall–Kier alpha value is -3.01. The molecule has 2 aliphatic carbocycles. The average molecular weight is 424 g/mol. The molecule has 2 saturated carbocycles. The SMILES string of the molecule is CC1CCC(Nc2c(C(=O)C3CC3)cnc3ccc(-c4ccc5c(c4)N=CC5)cc23)CC1. The summed E-state index contributed by atoms with van der Waals surface area (Å²) in [6.45, 7) is 2.34. The Morgan fingerprint density at radius 2 is 1.75 bits per heavy atom. The molecule has 162 valence electrons. The van der Waals surface area contributed by atoms with E-state index < -0.39 is 0 Å². The molecule has 2 aromatic carbocycles. The first-order chi connectivity index (χ1) is 15.7. The van der Waals surface area contributed by atoms with Crippen LogP contribution in [-0.4, -0.2) is 23.0 Å². The van der Waals surface area contributed by atoms with E-state index in [2.05, 4.69) is 58.6 Å². The zero-order chi connectivity index (χ0) is 21.7. The van der Waals surface area contributed by atoms with Gasteiger partial charge in [0.05, 0.1) is 22.5 Å². The number of carbonyl (C=O) groups excluding carboxylic acids is 1. The molecular weight excluding hydrogens is 394 g/mol. The summed E-state index contributed by atoms with van der Waals surface area (Å²) in [4.78, 5) is 22.4. The van der Waals surface area contributed by atoms with E-state index in [1.165, 1.54) is 18.4 Å². The number of benzene rings is 2. The lowest BCUT2D eigenvalue weighted by Gasteiger charge is -2.29. The first-order valence-corrected chi connectivity index (χ1v) is 12.0. The molecule has 1 aromatic heterocycles. The summed E-state index contributed by atoms with van der Waals surface area (Å²) < 4.78 is 0. The normalized spacial score (nSPS) is 22.2. The summed E-state index contributed by atoms with van der Waals surface area (Å²) in [6, 6.07) is 13.4. The van der Waals surface area contributed by atoms with Crippen molar-refractivity contribution in [2.24, 2.45) is 16.8 Å². The van der Waals surface area contributed by atoms with E-state index in [9.17, 15) is 4.79 Å². The van der Waals surface area contributed by atoms with Crippen LogP contribution >= 0.6 is 0 Å². The van der Waals surface area contributed by atoms with E-state index in [-0.39, 0.29) is 11.7 Å². The van der Waals surface area contributed by atoms with Crippen LogP contribution in [0.4, 0.5) is 11.4 Å². The maximum Gasteiger partial charge on any atom is 0.169 e. The molecule has 0 bridgehead atoms. The number of fused-ring (bicyclic) bond motifs is 2. The van der Waals surface area contributed by atoms with Crippen LogP contribution < -0.4 is 5.32 Å². The minimum Gasteiger partial charge on any atom is -0.381 e. The van der Waals surface area contributed by atoms with Crippen LogP contribution in [0.1, 0.15) is 61.4 Å². The quantitative estimate of drug-likeness (QED) is 0.462. The van der Waals surface area contributed by atoms with Crippen molar-refractivity contribution >= 4 is 34.3 Å². The topological polar surface area (TPSA) is 54.4 Å². The van der Waals surface area contributed by atoms with Crippen molar-refractivity contribution < 1.29 is 4.79 Å². The highest BCUT2D eigenvalue weighted by molar-refractivity contribution is 6.10. The highest BCUT2D eigenvalue weighted by atomic mass is 16.1. The van der Waals surface area contributed by atoms with Gasteiger partial charge in [-0.15, -0.1) is 0 Å². The molecule has 0 amide bonds. The van der Waals surface area contributed by atoms with Crippen molar-refractivity contribution in [3.63, 3.8) is 0 Å². The maximum atomic E-state index is 13.2. The lowest BCUT2D eigenvalue weighted by molar-refractivity contribution is 0.0968. The van der Waals surface area contributed by atoms with Gasteiger partial charge in [-0.3, -0.25) is 14.8 Å². The monoisotopic (exact) mass is 423 g/mol. The molecule has 2 fully saturated rings. The number of Topliss-reactive ketones (excluding diaryl/α,β-unsaturated/α-hetero) is 1. The lowest BCUT2D eigenvalue weighted by Crippen LogP contribution is -2.26. The number of anilines is 1. The molecule has 32 heavy (non-hydrogen) atoms. The summed E-state index contributed by atoms with van der Waals surface area (Å²) in [5, 5.41) is 4.87. The molecule has 0 radical (unpaired) electrons. The average Bonchev–Trinajstić information content (AvgIpc) is 3.57. The number of carbonyl (C=O) groups is 1. The van der Waals surface area contributed by atoms with E-state index in [0.717, 1.165) is 77.0 Å². The minimum atomic E-state index is 0.180. The number of nitrogens with one attached hydrogen (secondary N) is 1. The van der Waals surface area contributed by atoms with E-state index in [1.807, 2.05) is 6.21 Å². The first kappa shape index (κ1) is 19.7. The highest BCUT2D eigenvalue weighted by Crippen LogP contribution is 2.39. The third kappa shape index (κ3) is 3.62. The molecule has 2 heterocycles. The molecule has 6 rings (SSSR count). The second kappa shape index (κ2) is 7.84. The summed E-state index contributed by atoms with van der Waals surface area (Å²) >= 11 is 0. The Morgan fingerprint density at radius 3 is 2.56 bits per heavy atom.